The Bertz CT molecular complexity index is 634. The van der Waals surface area contributed by atoms with Gasteiger partial charge in [0.15, 0.2) is 0 Å². The summed E-state index contributed by atoms with van der Waals surface area (Å²) in [4.78, 5) is 11.9. The van der Waals surface area contributed by atoms with E-state index < -0.39 is 5.82 Å². The molecule has 3 nitrogen and oxygen atoms in total. The Morgan fingerprint density at radius 2 is 1.95 bits per heavy atom. The van der Waals surface area contributed by atoms with E-state index in [9.17, 15) is 9.18 Å². The average Bonchev–Trinajstić information content (AvgIpc) is 2.47. The molecule has 2 aromatic carbocycles. The van der Waals surface area contributed by atoms with Gasteiger partial charge in [0, 0.05) is 9.50 Å². The van der Waals surface area contributed by atoms with Gasteiger partial charge in [0.05, 0.1) is 12.1 Å². The van der Waals surface area contributed by atoms with E-state index in [1.807, 2.05) is 0 Å². The van der Waals surface area contributed by atoms with Gasteiger partial charge in [-0.05, 0) is 58.4 Å². The van der Waals surface area contributed by atoms with Crippen LogP contribution in [0.15, 0.2) is 46.9 Å². The maximum atomic E-state index is 13.1. The van der Waals surface area contributed by atoms with Crippen LogP contribution in [0.3, 0.4) is 0 Å². The zero-order valence-corrected chi connectivity index (χ0v) is 13.2. The number of nitrogens with one attached hydrogen (secondary N) is 1. The summed E-state index contributed by atoms with van der Waals surface area (Å²) in [5.41, 5.74) is 0.251. The SMILES string of the molecule is O=C(NCCOc1ccc(Cl)cc1)c1cc(F)ccc1Br. The van der Waals surface area contributed by atoms with Crippen LogP contribution in [0, 0.1) is 5.82 Å². The van der Waals surface area contributed by atoms with Crippen LogP contribution < -0.4 is 10.1 Å². The van der Waals surface area contributed by atoms with Gasteiger partial charge in [0.25, 0.3) is 5.91 Å². The Morgan fingerprint density at radius 1 is 1.24 bits per heavy atom. The van der Waals surface area contributed by atoms with Gasteiger partial charge >= 0.3 is 0 Å². The molecule has 0 unspecified atom stereocenters. The third-order valence-corrected chi connectivity index (χ3v) is 3.59. The molecule has 0 saturated heterocycles. The summed E-state index contributed by atoms with van der Waals surface area (Å²) in [6.07, 6.45) is 0. The number of carbonyl (C=O) groups is 1. The second-order valence-corrected chi connectivity index (χ2v) is 5.47. The Morgan fingerprint density at radius 3 is 2.67 bits per heavy atom. The van der Waals surface area contributed by atoms with Crippen molar-refractivity contribution >= 4 is 33.4 Å². The zero-order valence-electron chi connectivity index (χ0n) is 10.9. The smallest absolute Gasteiger partial charge is 0.252 e. The number of halogens is 3. The minimum atomic E-state index is -0.458. The first-order chi connectivity index (χ1) is 10.1. The van der Waals surface area contributed by atoms with E-state index in [-0.39, 0.29) is 11.5 Å². The fourth-order valence-electron chi connectivity index (χ4n) is 1.63. The lowest BCUT2D eigenvalue weighted by molar-refractivity contribution is 0.0946. The van der Waals surface area contributed by atoms with E-state index in [1.165, 1.54) is 18.2 Å². The monoisotopic (exact) mass is 371 g/mol. The summed E-state index contributed by atoms with van der Waals surface area (Å²) in [7, 11) is 0. The normalized spacial score (nSPS) is 10.2. The van der Waals surface area contributed by atoms with Crippen molar-refractivity contribution in [1.29, 1.82) is 0 Å². The summed E-state index contributed by atoms with van der Waals surface area (Å²) >= 11 is 8.97. The molecule has 2 aromatic rings. The molecule has 0 bridgehead atoms. The van der Waals surface area contributed by atoms with Crippen molar-refractivity contribution in [1.82, 2.24) is 5.32 Å². The quantitative estimate of drug-likeness (QED) is 0.804. The summed E-state index contributed by atoms with van der Waals surface area (Å²) in [5, 5.41) is 3.29. The molecular formula is C15H12BrClFNO2. The molecule has 1 N–H and O–H groups in total. The molecule has 0 heterocycles. The summed E-state index contributed by atoms with van der Waals surface area (Å²) in [5.74, 6) is -0.151. The lowest BCUT2D eigenvalue weighted by Gasteiger charge is -2.09. The van der Waals surface area contributed by atoms with Crippen molar-refractivity contribution in [3.63, 3.8) is 0 Å². The summed E-state index contributed by atoms with van der Waals surface area (Å²) < 4.78 is 19.1. The molecule has 6 heteroatoms. The van der Waals surface area contributed by atoms with Crippen molar-refractivity contribution in [2.24, 2.45) is 0 Å². The maximum Gasteiger partial charge on any atom is 0.252 e. The summed E-state index contributed by atoms with van der Waals surface area (Å²) in [6.45, 7) is 0.616. The minimum Gasteiger partial charge on any atom is -0.492 e. The first-order valence-electron chi connectivity index (χ1n) is 6.18. The lowest BCUT2D eigenvalue weighted by atomic mass is 10.2. The highest BCUT2D eigenvalue weighted by atomic mass is 79.9. The molecule has 0 aliphatic rings. The van der Waals surface area contributed by atoms with Crippen LogP contribution in [0.1, 0.15) is 10.4 Å². The number of amides is 1. The Kier molecular flexibility index (Phi) is 5.59. The van der Waals surface area contributed by atoms with Crippen LogP contribution in [0.2, 0.25) is 5.02 Å². The van der Waals surface area contributed by atoms with Gasteiger partial charge in [-0.3, -0.25) is 4.79 Å². The number of rotatable bonds is 5. The molecule has 0 aliphatic heterocycles. The number of carbonyl (C=O) groups excluding carboxylic acids is 1. The van der Waals surface area contributed by atoms with Crippen LogP contribution in [0.25, 0.3) is 0 Å². The molecule has 0 radical (unpaired) electrons. The van der Waals surface area contributed by atoms with Crippen LogP contribution >= 0.6 is 27.5 Å². The third-order valence-electron chi connectivity index (χ3n) is 2.64. The van der Waals surface area contributed by atoms with Crippen molar-refractivity contribution < 1.29 is 13.9 Å². The zero-order chi connectivity index (χ0) is 15.2. The van der Waals surface area contributed by atoms with Crippen molar-refractivity contribution in [3.8, 4) is 5.75 Å². The molecule has 0 aromatic heterocycles. The number of hydrogen-bond acceptors (Lipinski definition) is 2. The Hall–Kier alpha value is -1.59. The fraction of sp³-hybridized carbons (Fsp3) is 0.133. The van der Waals surface area contributed by atoms with E-state index in [1.54, 1.807) is 24.3 Å². The largest absolute Gasteiger partial charge is 0.492 e. The molecule has 110 valence electrons. The molecule has 0 aliphatic carbocycles. The lowest BCUT2D eigenvalue weighted by Crippen LogP contribution is -2.28. The Balaban J connectivity index is 1.81. The molecule has 0 atom stereocenters. The third kappa shape index (κ3) is 4.72. The standard InChI is InChI=1S/C15H12BrClFNO2/c16-14-6-3-11(18)9-13(14)15(20)19-7-8-21-12-4-1-10(17)2-5-12/h1-6,9H,7-8H2,(H,19,20). The van der Waals surface area contributed by atoms with Crippen molar-refractivity contribution in [2.45, 2.75) is 0 Å². The molecule has 21 heavy (non-hydrogen) atoms. The van der Waals surface area contributed by atoms with Gasteiger partial charge < -0.3 is 10.1 Å². The van der Waals surface area contributed by atoms with Gasteiger partial charge in [0.2, 0.25) is 0 Å². The van der Waals surface area contributed by atoms with Gasteiger partial charge in [-0.2, -0.15) is 0 Å². The van der Waals surface area contributed by atoms with Gasteiger partial charge in [0.1, 0.15) is 18.2 Å². The van der Waals surface area contributed by atoms with Crippen LogP contribution in [-0.2, 0) is 0 Å². The van der Waals surface area contributed by atoms with Crippen LogP contribution in [-0.4, -0.2) is 19.1 Å². The maximum absolute atomic E-state index is 13.1. The first kappa shape index (κ1) is 15.8. The van der Waals surface area contributed by atoms with Gasteiger partial charge in [-0.15, -0.1) is 0 Å². The highest BCUT2D eigenvalue weighted by molar-refractivity contribution is 9.10. The average molecular weight is 373 g/mol. The molecule has 1 amide bonds. The molecular weight excluding hydrogens is 361 g/mol. The highest BCUT2D eigenvalue weighted by Gasteiger charge is 2.10. The topological polar surface area (TPSA) is 38.3 Å². The fourth-order valence-corrected chi connectivity index (χ4v) is 2.18. The van der Waals surface area contributed by atoms with Crippen LogP contribution in [0.4, 0.5) is 4.39 Å². The number of hydrogen-bond donors (Lipinski definition) is 1. The van der Waals surface area contributed by atoms with Gasteiger partial charge in [-0.25, -0.2) is 4.39 Å². The first-order valence-corrected chi connectivity index (χ1v) is 7.35. The number of ether oxygens (including phenoxy) is 1. The molecule has 0 saturated carbocycles. The van der Waals surface area contributed by atoms with E-state index in [0.29, 0.717) is 28.4 Å². The van der Waals surface area contributed by atoms with Crippen molar-refractivity contribution in [2.75, 3.05) is 13.2 Å². The second kappa shape index (κ2) is 7.43. The highest BCUT2D eigenvalue weighted by Crippen LogP contribution is 2.18. The van der Waals surface area contributed by atoms with E-state index in [2.05, 4.69) is 21.2 Å². The molecule has 0 fully saturated rings. The number of benzene rings is 2. The molecule has 0 spiro atoms. The molecule has 2 rings (SSSR count). The van der Waals surface area contributed by atoms with E-state index >= 15 is 0 Å². The van der Waals surface area contributed by atoms with Crippen LogP contribution in [0.5, 0.6) is 5.75 Å². The summed E-state index contributed by atoms with van der Waals surface area (Å²) in [6, 6.07) is 10.9. The van der Waals surface area contributed by atoms with Gasteiger partial charge in [-0.1, -0.05) is 11.6 Å². The van der Waals surface area contributed by atoms with E-state index in [0.717, 1.165) is 0 Å². The Labute approximate surface area is 135 Å². The minimum absolute atomic E-state index is 0.251. The van der Waals surface area contributed by atoms with E-state index in [4.69, 9.17) is 16.3 Å². The predicted molar refractivity (Wildman–Crippen MR) is 83.4 cm³/mol. The second-order valence-electron chi connectivity index (χ2n) is 4.18. The predicted octanol–water partition coefficient (Wildman–Crippen LogP) is 4.05. The van der Waals surface area contributed by atoms with Crippen molar-refractivity contribution in [3.05, 3.63) is 63.3 Å².